The molecule has 2 N–H and O–H groups in total. The van der Waals surface area contributed by atoms with E-state index in [1.54, 1.807) is 6.20 Å². The molecule has 0 radical (unpaired) electrons. The van der Waals surface area contributed by atoms with Gasteiger partial charge in [-0.2, -0.15) is 5.10 Å². The molecule has 1 saturated heterocycles. The monoisotopic (exact) mass is 384 g/mol. The highest BCUT2D eigenvalue weighted by Gasteiger charge is 2.23. The number of aromatic nitrogens is 4. The van der Waals surface area contributed by atoms with Crippen LogP contribution in [0.2, 0.25) is 5.02 Å². The van der Waals surface area contributed by atoms with Crippen LogP contribution in [0.3, 0.4) is 0 Å². The molecular weight excluding hydrogens is 360 g/mol. The van der Waals surface area contributed by atoms with Gasteiger partial charge in [0, 0.05) is 37.3 Å². The molecule has 3 aromatic rings. The Morgan fingerprint density at radius 3 is 3.00 bits per heavy atom. The van der Waals surface area contributed by atoms with Gasteiger partial charge in [-0.05, 0) is 43.0 Å². The summed E-state index contributed by atoms with van der Waals surface area (Å²) < 4.78 is 0. The summed E-state index contributed by atoms with van der Waals surface area (Å²) in [6.45, 7) is 9.41. The minimum absolute atomic E-state index is 0.482. The van der Waals surface area contributed by atoms with Crippen molar-refractivity contribution >= 4 is 28.5 Å². The molecule has 3 aromatic heterocycles. The summed E-state index contributed by atoms with van der Waals surface area (Å²) in [5.41, 5.74) is 3.22. The first-order valence-electron chi connectivity index (χ1n) is 9.48. The maximum Gasteiger partial charge on any atom is 0.155 e. The fourth-order valence-corrected chi connectivity index (χ4v) is 3.94. The molecule has 0 bridgehead atoms. The van der Waals surface area contributed by atoms with Crippen molar-refractivity contribution in [1.29, 1.82) is 0 Å². The van der Waals surface area contributed by atoms with E-state index in [1.165, 1.54) is 0 Å². The van der Waals surface area contributed by atoms with E-state index in [9.17, 15) is 0 Å². The summed E-state index contributed by atoms with van der Waals surface area (Å²) >= 11 is 6.63. The summed E-state index contributed by atoms with van der Waals surface area (Å²) in [7, 11) is 0. The smallest absolute Gasteiger partial charge is 0.155 e. The number of halogens is 1. The van der Waals surface area contributed by atoms with E-state index < -0.39 is 0 Å². The third-order valence-electron chi connectivity index (χ3n) is 5.02. The molecule has 1 atom stereocenters. The number of fused-ring (bicyclic) bond motifs is 1. The first-order valence-corrected chi connectivity index (χ1v) is 9.85. The summed E-state index contributed by atoms with van der Waals surface area (Å²) in [6, 6.07) is 6.45. The molecule has 7 heteroatoms. The van der Waals surface area contributed by atoms with Crippen LogP contribution in [0.1, 0.15) is 25.8 Å². The number of nitrogens with zero attached hydrogens (tertiary/aromatic N) is 4. The average molecular weight is 385 g/mol. The second-order valence-corrected chi connectivity index (χ2v) is 8.04. The van der Waals surface area contributed by atoms with Crippen LogP contribution in [0.25, 0.3) is 22.4 Å². The van der Waals surface area contributed by atoms with Crippen molar-refractivity contribution < 1.29 is 0 Å². The van der Waals surface area contributed by atoms with Crippen LogP contribution in [0.15, 0.2) is 24.4 Å². The van der Waals surface area contributed by atoms with Gasteiger partial charge in [0.1, 0.15) is 17.2 Å². The lowest BCUT2D eigenvalue weighted by Crippen LogP contribution is -2.51. The molecule has 4 rings (SSSR count). The molecule has 0 aromatic carbocycles. The van der Waals surface area contributed by atoms with Gasteiger partial charge < -0.3 is 10.2 Å². The number of aryl methyl sites for hydroxylation is 1. The quantitative estimate of drug-likeness (QED) is 0.715. The zero-order valence-electron chi connectivity index (χ0n) is 16.0. The zero-order valence-corrected chi connectivity index (χ0v) is 16.7. The van der Waals surface area contributed by atoms with E-state index in [0.717, 1.165) is 54.2 Å². The summed E-state index contributed by atoms with van der Waals surface area (Å²) in [5.74, 6) is 1.63. The number of H-pyrrole nitrogens is 1. The standard InChI is InChI=1S/C20H25ClN6/c1-12(2)9-14-11-27(8-7-22-14)16-10-13(3)17(21)19(24-16)18-15-5-4-6-23-20(15)26-25-18/h4-6,10,12,14,22H,7-9,11H2,1-3H3,(H,23,25,26)/t14-/m0/s1. The minimum atomic E-state index is 0.482. The first kappa shape index (κ1) is 18.2. The van der Waals surface area contributed by atoms with Gasteiger partial charge in [0.25, 0.3) is 0 Å². The van der Waals surface area contributed by atoms with E-state index in [1.807, 2.05) is 19.1 Å². The Labute approximate surface area is 164 Å². The predicted octanol–water partition coefficient (Wildman–Crippen LogP) is 3.81. The summed E-state index contributed by atoms with van der Waals surface area (Å²) in [4.78, 5) is 11.6. The molecule has 1 aliphatic rings. The van der Waals surface area contributed by atoms with Crippen molar-refractivity contribution in [2.45, 2.75) is 33.2 Å². The van der Waals surface area contributed by atoms with Crippen LogP contribution >= 0.6 is 11.6 Å². The highest BCUT2D eigenvalue weighted by Crippen LogP contribution is 2.34. The van der Waals surface area contributed by atoms with Gasteiger partial charge in [0.05, 0.1) is 5.02 Å². The fraction of sp³-hybridized carbons (Fsp3) is 0.450. The number of hydrogen-bond donors (Lipinski definition) is 2. The van der Waals surface area contributed by atoms with Crippen LogP contribution in [0.4, 0.5) is 5.82 Å². The molecule has 0 aliphatic carbocycles. The average Bonchev–Trinajstić information content (AvgIpc) is 3.07. The zero-order chi connectivity index (χ0) is 19.0. The Balaban J connectivity index is 1.71. The maximum atomic E-state index is 6.63. The second kappa shape index (κ2) is 7.44. The summed E-state index contributed by atoms with van der Waals surface area (Å²) in [6.07, 6.45) is 2.90. The molecule has 1 fully saturated rings. The SMILES string of the molecule is Cc1cc(N2CCN[C@@H](CC(C)C)C2)nc(-c2n[nH]c3ncccc23)c1Cl. The Morgan fingerprint density at radius 1 is 1.33 bits per heavy atom. The molecule has 0 amide bonds. The van der Waals surface area contributed by atoms with Crippen LogP contribution < -0.4 is 10.2 Å². The van der Waals surface area contributed by atoms with Crippen LogP contribution in [-0.4, -0.2) is 45.8 Å². The van der Waals surface area contributed by atoms with Gasteiger partial charge in [-0.3, -0.25) is 5.10 Å². The van der Waals surface area contributed by atoms with Crippen molar-refractivity contribution in [2.75, 3.05) is 24.5 Å². The van der Waals surface area contributed by atoms with E-state index in [2.05, 4.69) is 45.3 Å². The molecule has 1 aliphatic heterocycles. The number of rotatable bonds is 4. The van der Waals surface area contributed by atoms with Crippen LogP contribution in [0.5, 0.6) is 0 Å². The van der Waals surface area contributed by atoms with Crippen molar-refractivity contribution in [2.24, 2.45) is 5.92 Å². The second-order valence-electron chi connectivity index (χ2n) is 7.66. The lowest BCUT2D eigenvalue weighted by molar-refractivity contribution is 0.387. The van der Waals surface area contributed by atoms with E-state index in [4.69, 9.17) is 16.6 Å². The Morgan fingerprint density at radius 2 is 2.19 bits per heavy atom. The Kier molecular flexibility index (Phi) is 5.02. The number of hydrogen-bond acceptors (Lipinski definition) is 5. The van der Waals surface area contributed by atoms with Crippen LogP contribution in [-0.2, 0) is 0 Å². The molecular formula is C20H25ClN6. The third kappa shape index (κ3) is 3.64. The van der Waals surface area contributed by atoms with E-state index in [0.29, 0.717) is 22.7 Å². The molecule has 0 saturated carbocycles. The lowest BCUT2D eigenvalue weighted by atomic mass is 10.0. The molecule has 4 heterocycles. The van der Waals surface area contributed by atoms with Gasteiger partial charge in [-0.15, -0.1) is 0 Å². The molecule has 142 valence electrons. The fourth-order valence-electron chi connectivity index (χ4n) is 3.75. The lowest BCUT2D eigenvalue weighted by Gasteiger charge is -2.35. The van der Waals surface area contributed by atoms with Gasteiger partial charge in [0.2, 0.25) is 0 Å². The number of piperazine rings is 1. The normalized spacial score (nSPS) is 17.8. The van der Waals surface area contributed by atoms with Gasteiger partial charge in [0.15, 0.2) is 5.65 Å². The maximum absolute atomic E-state index is 6.63. The van der Waals surface area contributed by atoms with Crippen molar-refractivity contribution in [3.63, 3.8) is 0 Å². The van der Waals surface area contributed by atoms with E-state index >= 15 is 0 Å². The van der Waals surface area contributed by atoms with Crippen molar-refractivity contribution in [1.82, 2.24) is 25.5 Å². The number of pyridine rings is 2. The van der Waals surface area contributed by atoms with Crippen LogP contribution in [0, 0.1) is 12.8 Å². The third-order valence-corrected chi connectivity index (χ3v) is 5.50. The van der Waals surface area contributed by atoms with Gasteiger partial charge in [-0.1, -0.05) is 25.4 Å². The van der Waals surface area contributed by atoms with Gasteiger partial charge in [-0.25, -0.2) is 9.97 Å². The number of nitrogens with one attached hydrogen (secondary N) is 2. The molecule has 27 heavy (non-hydrogen) atoms. The molecule has 6 nitrogen and oxygen atoms in total. The number of anilines is 1. The highest BCUT2D eigenvalue weighted by molar-refractivity contribution is 6.34. The largest absolute Gasteiger partial charge is 0.354 e. The van der Waals surface area contributed by atoms with E-state index in [-0.39, 0.29) is 0 Å². The van der Waals surface area contributed by atoms with Gasteiger partial charge >= 0.3 is 0 Å². The first-order chi connectivity index (χ1) is 13.0. The van der Waals surface area contributed by atoms with Crippen molar-refractivity contribution in [3.05, 3.63) is 35.0 Å². The predicted molar refractivity (Wildman–Crippen MR) is 110 cm³/mol. The minimum Gasteiger partial charge on any atom is -0.354 e. The molecule has 0 spiro atoms. The Hall–Kier alpha value is -2.18. The topological polar surface area (TPSA) is 69.7 Å². The number of aromatic amines is 1. The summed E-state index contributed by atoms with van der Waals surface area (Å²) in [5, 5.41) is 12.6. The molecule has 0 unspecified atom stereocenters. The highest BCUT2D eigenvalue weighted by atomic mass is 35.5. The Bertz CT molecular complexity index is 951. The van der Waals surface area contributed by atoms with Crippen molar-refractivity contribution in [3.8, 4) is 11.4 Å².